The predicted octanol–water partition coefficient (Wildman–Crippen LogP) is 2.77. The van der Waals surface area contributed by atoms with Crippen LogP contribution in [0.3, 0.4) is 0 Å². The highest BCUT2D eigenvalue weighted by molar-refractivity contribution is 14.0. The third kappa shape index (κ3) is 6.05. The van der Waals surface area contributed by atoms with E-state index in [0.29, 0.717) is 19.7 Å². The van der Waals surface area contributed by atoms with Crippen molar-refractivity contribution in [3.05, 3.63) is 34.9 Å². The average Bonchev–Trinajstić information content (AvgIpc) is 2.58. The molecule has 1 aromatic rings. The smallest absolute Gasteiger partial charge is 0.409 e. The molecule has 1 amide bonds. The number of hydrogen-bond donors (Lipinski definition) is 1. The van der Waals surface area contributed by atoms with Gasteiger partial charge in [0.05, 0.1) is 6.61 Å². The van der Waals surface area contributed by atoms with Crippen LogP contribution in [0.15, 0.2) is 23.2 Å². The molecule has 7 heteroatoms. The topological polar surface area (TPSA) is 57.2 Å². The van der Waals surface area contributed by atoms with Crippen LogP contribution in [0, 0.1) is 13.8 Å². The molecule has 0 aromatic heterocycles. The molecule has 0 spiro atoms. The van der Waals surface area contributed by atoms with E-state index >= 15 is 0 Å². The van der Waals surface area contributed by atoms with E-state index in [1.807, 2.05) is 6.92 Å². The first-order valence-corrected chi connectivity index (χ1v) is 8.48. The van der Waals surface area contributed by atoms with Crippen LogP contribution in [0.2, 0.25) is 0 Å². The van der Waals surface area contributed by atoms with Crippen molar-refractivity contribution < 1.29 is 9.53 Å². The maximum Gasteiger partial charge on any atom is 0.409 e. The average molecular weight is 460 g/mol. The van der Waals surface area contributed by atoms with Gasteiger partial charge in [-0.3, -0.25) is 4.99 Å². The Balaban J connectivity index is 0.00000312. The van der Waals surface area contributed by atoms with Crippen LogP contribution >= 0.6 is 24.0 Å². The molecule has 25 heavy (non-hydrogen) atoms. The third-order valence-electron chi connectivity index (χ3n) is 4.25. The van der Waals surface area contributed by atoms with Gasteiger partial charge in [0.2, 0.25) is 0 Å². The number of carbonyl (C=O) groups is 1. The highest BCUT2D eigenvalue weighted by atomic mass is 127. The van der Waals surface area contributed by atoms with Gasteiger partial charge in [-0.1, -0.05) is 23.8 Å². The lowest BCUT2D eigenvalue weighted by Gasteiger charge is -2.35. The fourth-order valence-corrected chi connectivity index (χ4v) is 2.87. The Kier molecular flexibility index (Phi) is 9.02. The van der Waals surface area contributed by atoms with Crippen LogP contribution in [-0.4, -0.2) is 61.7 Å². The summed E-state index contributed by atoms with van der Waals surface area (Å²) in [5.41, 5.74) is 3.83. The number of rotatable bonds is 3. The molecule has 1 aliphatic rings. The van der Waals surface area contributed by atoms with Crippen molar-refractivity contribution in [2.75, 3.05) is 39.8 Å². The minimum Gasteiger partial charge on any atom is -0.450 e. The minimum atomic E-state index is -0.227. The van der Waals surface area contributed by atoms with Crippen LogP contribution in [0.5, 0.6) is 0 Å². The first-order chi connectivity index (χ1) is 11.5. The number of aryl methyl sites for hydroxylation is 2. The molecule has 1 aromatic carbocycles. The molecule has 0 bridgehead atoms. The number of ether oxygens (including phenoxy) is 1. The summed E-state index contributed by atoms with van der Waals surface area (Å²) < 4.78 is 5.05. The van der Waals surface area contributed by atoms with Crippen molar-refractivity contribution in [1.29, 1.82) is 0 Å². The van der Waals surface area contributed by atoms with Gasteiger partial charge < -0.3 is 19.9 Å². The molecular formula is C18H29IN4O2. The minimum absolute atomic E-state index is 0. The number of benzene rings is 1. The van der Waals surface area contributed by atoms with Gasteiger partial charge in [-0.15, -0.1) is 24.0 Å². The van der Waals surface area contributed by atoms with Gasteiger partial charge in [-0.25, -0.2) is 4.79 Å². The van der Waals surface area contributed by atoms with Crippen LogP contribution in [0.25, 0.3) is 0 Å². The Morgan fingerprint density at radius 1 is 1.20 bits per heavy atom. The zero-order chi connectivity index (χ0) is 17.5. The van der Waals surface area contributed by atoms with Crippen molar-refractivity contribution >= 4 is 36.0 Å². The van der Waals surface area contributed by atoms with E-state index in [1.54, 1.807) is 11.9 Å². The lowest BCUT2D eigenvalue weighted by Crippen LogP contribution is -2.53. The molecule has 0 radical (unpaired) electrons. The number of hydrogen-bond acceptors (Lipinski definition) is 3. The van der Waals surface area contributed by atoms with E-state index in [4.69, 9.17) is 4.74 Å². The summed E-state index contributed by atoms with van der Waals surface area (Å²) in [6.07, 6.45) is -0.227. The third-order valence-corrected chi connectivity index (χ3v) is 4.25. The zero-order valence-corrected chi connectivity index (χ0v) is 17.9. The summed E-state index contributed by atoms with van der Waals surface area (Å²) >= 11 is 0. The molecule has 6 nitrogen and oxygen atoms in total. The van der Waals surface area contributed by atoms with Crippen molar-refractivity contribution in [3.8, 4) is 0 Å². The lowest BCUT2D eigenvalue weighted by atomic mass is 10.1. The van der Waals surface area contributed by atoms with Crippen LogP contribution in [0.1, 0.15) is 23.6 Å². The first kappa shape index (κ1) is 21.5. The number of amides is 1. The molecule has 1 N–H and O–H groups in total. The molecule has 0 saturated carbocycles. The van der Waals surface area contributed by atoms with Gasteiger partial charge in [0.25, 0.3) is 0 Å². The Morgan fingerprint density at radius 3 is 2.40 bits per heavy atom. The largest absolute Gasteiger partial charge is 0.450 e. The van der Waals surface area contributed by atoms with Gasteiger partial charge >= 0.3 is 6.09 Å². The number of piperazine rings is 1. The van der Waals surface area contributed by atoms with E-state index in [-0.39, 0.29) is 30.1 Å². The van der Waals surface area contributed by atoms with Gasteiger partial charge in [0, 0.05) is 39.8 Å². The van der Waals surface area contributed by atoms with E-state index in [9.17, 15) is 4.79 Å². The van der Waals surface area contributed by atoms with Crippen molar-refractivity contribution in [1.82, 2.24) is 15.1 Å². The summed E-state index contributed by atoms with van der Waals surface area (Å²) in [5, 5.41) is 3.43. The highest BCUT2D eigenvalue weighted by Crippen LogP contribution is 2.11. The molecule has 1 aliphatic heterocycles. The number of carbonyl (C=O) groups excluding carboxylic acids is 1. The number of aliphatic imine (C=N–C) groups is 1. The van der Waals surface area contributed by atoms with Gasteiger partial charge in [0.1, 0.15) is 0 Å². The normalized spacial score (nSPS) is 14.8. The van der Waals surface area contributed by atoms with Crippen molar-refractivity contribution in [2.24, 2.45) is 4.99 Å². The van der Waals surface area contributed by atoms with Crippen LogP contribution < -0.4 is 5.32 Å². The number of nitrogens with one attached hydrogen (secondary N) is 1. The molecule has 140 valence electrons. The molecule has 0 atom stereocenters. The second-order valence-electron chi connectivity index (χ2n) is 6.00. The second kappa shape index (κ2) is 10.5. The molecule has 0 aliphatic carbocycles. The molecular weight excluding hydrogens is 431 g/mol. The second-order valence-corrected chi connectivity index (χ2v) is 6.00. The fraction of sp³-hybridized carbons (Fsp3) is 0.556. The summed E-state index contributed by atoms with van der Waals surface area (Å²) in [4.78, 5) is 20.1. The quantitative estimate of drug-likeness (QED) is 0.428. The van der Waals surface area contributed by atoms with E-state index in [1.165, 1.54) is 16.7 Å². The molecule has 2 rings (SSSR count). The van der Waals surface area contributed by atoms with E-state index < -0.39 is 0 Å². The highest BCUT2D eigenvalue weighted by Gasteiger charge is 2.23. The molecule has 0 unspecified atom stereocenters. The lowest BCUT2D eigenvalue weighted by molar-refractivity contribution is 0.0914. The maximum absolute atomic E-state index is 11.8. The van der Waals surface area contributed by atoms with Crippen LogP contribution in [0.4, 0.5) is 4.79 Å². The molecule has 1 saturated heterocycles. The SMILES string of the molecule is CCOC(=O)N1CCN(C(=NC)NCc2ccc(C)cc2C)CC1.I. The van der Waals surface area contributed by atoms with E-state index in [2.05, 4.69) is 47.3 Å². The first-order valence-electron chi connectivity index (χ1n) is 8.48. The summed E-state index contributed by atoms with van der Waals surface area (Å²) in [7, 11) is 1.79. The molecule has 1 heterocycles. The number of nitrogens with zero attached hydrogens (tertiary/aromatic N) is 3. The van der Waals surface area contributed by atoms with Gasteiger partial charge in [-0.05, 0) is 31.9 Å². The predicted molar refractivity (Wildman–Crippen MR) is 112 cm³/mol. The number of guanidine groups is 1. The standard InChI is InChI=1S/C18H28N4O2.HI/c1-5-24-18(23)22-10-8-21(9-11-22)17(19-4)20-13-16-7-6-14(2)12-15(16)3;/h6-7,12H,5,8-11,13H2,1-4H3,(H,19,20);1H. The summed E-state index contributed by atoms with van der Waals surface area (Å²) in [6, 6.07) is 6.48. The monoisotopic (exact) mass is 460 g/mol. The summed E-state index contributed by atoms with van der Waals surface area (Å²) in [6.45, 7) is 10.0. The Labute approximate surface area is 167 Å². The Morgan fingerprint density at radius 2 is 1.84 bits per heavy atom. The maximum atomic E-state index is 11.8. The van der Waals surface area contributed by atoms with Gasteiger partial charge in [0.15, 0.2) is 5.96 Å². The summed E-state index contributed by atoms with van der Waals surface area (Å²) in [5.74, 6) is 0.874. The van der Waals surface area contributed by atoms with Crippen LogP contribution in [-0.2, 0) is 11.3 Å². The zero-order valence-electron chi connectivity index (χ0n) is 15.5. The molecule has 1 fully saturated rings. The van der Waals surface area contributed by atoms with E-state index in [0.717, 1.165) is 25.6 Å². The fourth-order valence-electron chi connectivity index (χ4n) is 2.87. The van der Waals surface area contributed by atoms with Gasteiger partial charge in [-0.2, -0.15) is 0 Å². The van der Waals surface area contributed by atoms with Crippen molar-refractivity contribution in [3.63, 3.8) is 0 Å². The Hall–Kier alpha value is -1.51. The Bertz CT molecular complexity index is 599. The number of halogens is 1. The van der Waals surface area contributed by atoms with Crippen molar-refractivity contribution in [2.45, 2.75) is 27.3 Å².